The van der Waals surface area contributed by atoms with E-state index in [1.165, 1.54) is 0 Å². The summed E-state index contributed by atoms with van der Waals surface area (Å²) in [4.78, 5) is 12.0. The number of thioether (sulfide) groups is 1. The zero-order valence-corrected chi connectivity index (χ0v) is 11.8. The van der Waals surface area contributed by atoms with Gasteiger partial charge in [-0.25, -0.2) is 0 Å². The number of amides is 1. The molecular weight excluding hydrogens is 230 g/mol. The number of hydrogen-bond acceptors (Lipinski definition) is 2. The summed E-state index contributed by atoms with van der Waals surface area (Å²) >= 11 is 1.72. The Balaban J connectivity index is 2.51. The molecule has 0 saturated heterocycles. The number of carbonyl (C=O) groups is 1. The van der Waals surface area contributed by atoms with E-state index in [2.05, 4.69) is 19.2 Å². The lowest BCUT2D eigenvalue weighted by atomic mass is 9.96. The average Bonchev–Trinajstić information content (AvgIpc) is 2.36. The van der Waals surface area contributed by atoms with E-state index < -0.39 is 0 Å². The monoisotopic (exact) mass is 251 g/mol. The second-order valence-corrected chi connectivity index (χ2v) is 6.19. The van der Waals surface area contributed by atoms with Crippen molar-refractivity contribution in [2.75, 3.05) is 6.26 Å². The Morgan fingerprint density at radius 1 is 1.35 bits per heavy atom. The van der Waals surface area contributed by atoms with Crippen LogP contribution in [0.5, 0.6) is 0 Å². The van der Waals surface area contributed by atoms with Gasteiger partial charge in [0.15, 0.2) is 0 Å². The van der Waals surface area contributed by atoms with Gasteiger partial charge in [0.25, 0.3) is 0 Å². The van der Waals surface area contributed by atoms with Crippen LogP contribution in [0.15, 0.2) is 30.3 Å². The lowest BCUT2D eigenvalue weighted by molar-refractivity contribution is -0.125. The molecule has 1 atom stereocenters. The van der Waals surface area contributed by atoms with Gasteiger partial charge in [0.05, 0.1) is 0 Å². The van der Waals surface area contributed by atoms with Gasteiger partial charge in [0.1, 0.15) is 0 Å². The van der Waals surface area contributed by atoms with Gasteiger partial charge < -0.3 is 5.32 Å². The number of carbonyl (C=O) groups excluding carboxylic acids is 1. The minimum Gasteiger partial charge on any atom is -0.352 e. The molecule has 1 amide bonds. The number of hydrogen-bond donors (Lipinski definition) is 1. The van der Waals surface area contributed by atoms with Crippen LogP contribution in [-0.2, 0) is 11.3 Å². The summed E-state index contributed by atoms with van der Waals surface area (Å²) in [6, 6.07) is 9.98. The summed E-state index contributed by atoms with van der Waals surface area (Å²) in [5.41, 5.74) is 1.13. The summed E-state index contributed by atoms with van der Waals surface area (Å²) < 4.78 is -0.0270. The predicted molar refractivity (Wildman–Crippen MR) is 75.0 cm³/mol. The topological polar surface area (TPSA) is 29.1 Å². The summed E-state index contributed by atoms with van der Waals surface area (Å²) in [6.07, 6.45) is 2.04. The molecule has 0 aliphatic carbocycles. The largest absolute Gasteiger partial charge is 0.352 e. The van der Waals surface area contributed by atoms with Crippen molar-refractivity contribution in [2.24, 2.45) is 5.92 Å². The Morgan fingerprint density at radius 2 is 1.94 bits per heavy atom. The summed E-state index contributed by atoms with van der Waals surface area (Å²) in [6.45, 7) is 6.79. The third-order valence-electron chi connectivity index (χ3n) is 3.27. The molecule has 1 N–H and O–H groups in total. The van der Waals surface area contributed by atoms with Crippen LogP contribution in [0.25, 0.3) is 0 Å². The molecule has 1 unspecified atom stereocenters. The van der Waals surface area contributed by atoms with Gasteiger partial charge in [-0.15, -0.1) is 0 Å². The Hall–Kier alpha value is -0.960. The smallest absolute Gasteiger partial charge is 0.224 e. The average molecular weight is 251 g/mol. The molecule has 3 heteroatoms. The van der Waals surface area contributed by atoms with E-state index in [0.717, 1.165) is 5.56 Å². The van der Waals surface area contributed by atoms with Gasteiger partial charge in [0, 0.05) is 17.2 Å². The maximum atomic E-state index is 12.0. The minimum atomic E-state index is -0.0270. The van der Waals surface area contributed by atoms with Crippen LogP contribution >= 0.6 is 11.8 Å². The van der Waals surface area contributed by atoms with Crippen molar-refractivity contribution in [2.45, 2.75) is 32.1 Å². The zero-order chi connectivity index (χ0) is 12.9. The van der Waals surface area contributed by atoms with E-state index in [-0.39, 0.29) is 16.6 Å². The fourth-order valence-corrected chi connectivity index (χ4v) is 1.89. The first-order chi connectivity index (χ1) is 7.97. The van der Waals surface area contributed by atoms with Gasteiger partial charge >= 0.3 is 0 Å². The van der Waals surface area contributed by atoms with E-state index in [1.807, 2.05) is 43.5 Å². The van der Waals surface area contributed by atoms with Gasteiger partial charge in [-0.3, -0.25) is 4.79 Å². The Bertz CT molecular complexity index is 362. The molecule has 0 radical (unpaired) electrons. The van der Waals surface area contributed by atoms with Crippen LogP contribution in [0.1, 0.15) is 26.3 Å². The Morgan fingerprint density at radius 3 is 2.47 bits per heavy atom. The van der Waals surface area contributed by atoms with Crippen molar-refractivity contribution >= 4 is 17.7 Å². The fourth-order valence-electron chi connectivity index (χ4n) is 1.43. The highest BCUT2D eigenvalue weighted by atomic mass is 32.2. The van der Waals surface area contributed by atoms with Crippen LogP contribution in [0, 0.1) is 5.92 Å². The van der Waals surface area contributed by atoms with Crippen molar-refractivity contribution in [3.63, 3.8) is 0 Å². The van der Waals surface area contributed by atoms with Gasteiger partial charge in [0.2, 0.25) is 5.91 Å². The van der Waals surface area contributed by atoms with Crippen molar-refractivity contribution in [3.05, 3.63) is 35.9 Å². The molecule has 1 aromatic rings. The van der Waals surface area contributed by atoms with Crippen LogP contribution in [0.4, 0.5) is 0 Å². The molecule has 0 heterocycles. The van der Waals surface area contributed by atoms with Gasteiger partial charge in [-0.2, -0.15) is 11.8 Å². The van der Waals surface area contributed by atoms with E-state index in [1.54, 1.807) is 11.8 Å². The van der Waals surface area contributed by atoms with E-state index in [0.29, 0.717) is 6.54 Å². The molecule has 1 rings (SSSR count). The second-order valence-electron chi connectivity index (χ2n) is 4.73. The summed E-state index contributed by atoms with van der Waals surface area (Å²) in [5.74, 6) is 0.120. The molecule has 1 aromatic carbocycles. The van der Waals surface area contributed by atoms with Crippen LogP contribution in [-0.4, -0.2) is 16.9 Å². The van der Waals surface area contributed by atoms with Crippen molar-refractivity contribution in [3.8, 4) is 0 Å². The summed E-state index contributed by atoms with van der Waals surface area (Å²) in [5, 5.41) is 2.99. The van der Waals surface area contributed by atoms with Crippen molar-refractivity contribution in [1.82, 2.24) is 5.32 Å². The minimum absolute atomic E-state index is 0.00112. The number of benzene rings is 1. The first-order valence-electron chi connectivity index (χ1n) is 5.84. The standard InChI is InChI=1S/C14H21NOS/c1-11(14(2,3)17-4)13(16)15-10-12-8-6-5-7-9-12/h5-9,11H,10H2,1-4H3,(H,15,16). The lowest BCUT2D eigenvalue weighted by Gasteiger charge is -2.28. The van der Waals surface area contributed by atoms with Crippen molar-refractivity contribution < 1.29 is 4.79 Å². The zero-order valence-electron chi connectivity index (χ0n) is 11.0. The molecule has 0 aliphatic heterocycles. The van der Waals surface area contributed by atoms with Gasteiger partial charge in [-0.05, 0) is 25.7 Å². The first-order valence-corrected chi connectivity index (χ1v) is 7.06. The molecule has 0 fully saturated rings. The first kappa shape index (κ1) is 14.1. The van der Waals surface area contributed by atoms with E-state index >= 15 is 0 Å². The molecule has 0 aliphatic rings. The highest BCUT2D eigenvalue weighted by molar-refractivity contribution is 7.99. The third kappa shape index (κ3) is 4.08. The molecule has 0 bridgehead atoms. The maximum absolute atomic E-state index is 12.0. The molecule has 0 spiro atoms. The maximum Gasteiger partial charge on any atom is 0.224 e. The molecule has 17 heavy (non-hydrogen) atoms. The summed E-state index contributed by atoms with van der Waals surface area (Å²) in [7, 11) is 0. The SMILES string of the molecule is CSC(C)(C)C(C)C(=O)NCc1ccccc1. The fraction of sp³-hybridized carbons (Fsp3) is 0.500. The molecule has 0 saturated carbocycles. The molecule has 2 nitrogen and oxygen atoms in total. The van der Waals surface area contributed by atoms with Crippen LogP contribution in [0.2, 0.25) is 0 Å². The Kier molecular flexibility index (Phi) is 5.06. The number of rotatable bonds is 5. The Labute approximate surface area is 108 Å². The molecule has 0 aromatic heterocycles. The number of nitrogens with one attached hydrogen (secondary N) is 1. The molecule has 94 valence electrons. The van der Waals surface area contributed by atoms with E-state index in [9.17, 15) is 4.79 Å². The van der Waals surface area contributed by atoms with Crippen LogP contribution < -0.4 is 5.32 Å². The second kappa shape index (κ2) is 6.10. The van der Waals surface area contributed by atoms with Gasteiger partial charge in [-0.1, -0.05) is 37.3 Å². The highest BCUT2D eigenvalue weighted by Gasteiger charge is 2.30. The van der Waals surface area contributed by atoms with E-state index in [4.69, 9.17) is 0 Å². The van der Waals surface area contributed by atoms with Crippen molar-refractivity contribution in [1.29, 1.82) is 0 Å². The lowest BCUT2D eigenvalue weighted by Crippen LogP contribution is -2.39. The third-order valence-corrected chi connectivity index (χ3v) is 4.68. The normalized spacial score (nSPS) is 13.2. The quantitative estimate of drug-likeness (QED) is 0.871. The van der Waals surface area contributed by atoms with Crippen LogP contribution in [0.3, 0.4) is 0 Å². The molecular formula is C14H21NOS. The highest BCUT2D eigenvalue weighted by Crippen LogP contribution is 2.30. The predicted octanol–water partition coefficient (Wildman–Crippen LogP) is 3.08.